The molecule has 0 unspecified atom stereocenters. The van der Waals surface area contributed by atoms with Crippen molar-refractivity contribution in [2.24, 2.45) is 5.73 Å². The normalized spacial score (nSPS) is 13.5. The number of halogens is 1. The molecule has 1 saturated carbocycles. The van der Waals surface area contributed by atoms with Gasteiger partial charge in [-0.25, -0.2) is 4.68 Å². The summed E-state index contributed by atoms with van der Waals surface area (Å²) in [5, 5.41) is 22.0. The van der Waals surface area contributed by atoms with Crippen LogP contribution in [0.2, 0.25) is 0 Å². The quantitative estimate of drug-likeness (QED) is 0.425. The van der Waals surface area contributed by atoms with Gasteiger partial charge in [-0.3, -0.25) is 20.6 Å². The minimum atomic E-state index is -0.401. The molecule has 5 N–H and O–H groups in total. The maximum Gasteiger partial charge on any atom is 0.261 e. The number of nitrogens with zero attached hydrogens (tertiary/aromatic N) is 3. The number of aromatic nitrogens is 4. The summed E-state index contributed by atoms with van der Waals surface area (Å²) in [6.45, 7) is 0. The predicted octanol–water partition coefficient (Wildman–Crippen LogP) is 1.67. The van der Waals surface area contributed by atoms with Crippen molar-refractivity contribution in [2.75, 3.05) is 0 Å². The van der Waals surface area contributed by atoms with E-state index < -0.39 is 5.91 Å². The molecule has 124 valence electrons. The van der Waals surface area contributed by atoms with E-state index in [9.17, 15) is 4.79 Å². The van der Waals surface area contributed by atoms with Crippen molar-refractivity contribution in [1.29, 1.82) is 5.41 Å². The number of H-pyrrole nitrogens is 1. The largest absolute Gasteiger partial charge is 0.370 e. The lowest BCUT2D eigenvalue weighted by atomic mass is 10.1. The summed E-state index contributed by atoms with van der Waals surface area (Å²) in [7, 11) is 0. The molecule has 4 rings (SSSR count). The number of hydrogen-bond acceptors (Lipinski definition) is 4. The van der Waals surface area contributed by atoms with E-state index in [2.05, 4.69) is 20.6 Å². The summed E-state index contributed by atoms with van der Waals surface area (Å²) >= 11 is 0. The molecule has 3 aromatic rings. The lowest BCUT2D eigenvalue weighted by Crippen LogP contribution is -2.36. The molecular formula is C15H16ClN7O. The van der Waals surface area contributed by atoms with Crippen molar-refractivity contribution in [3.63, 3.8) is 0 Å². The van der Waals surface area contributed by atoms with Gasteiger partial charge in [-0.05, 0) is 18.9 Å². The van der Waals surface area contributed by atoms with Gasteiger partial charge >= 0.3 is 0 Å². The van der Waals surface area contributed by atoms with Crippen LogP contribution in [0.4, 0.5) is 0 Å². The van der Waals surface area contributed by atoms with Crippen LogP contribution in [-0.4, -0.2) is 31.8 Å². The first-order chi connectivity index (χ1) is 11.1. The second-order valence-corrected chi connectivity index (χ2v) is 5.61. The number of hydrogen-bond donors (Lipinski definition) is 4. The maximum atomic E-state index is 12.3. The Labute approximate surface area is 143 Å². The Hall–Kier alpha value is -2.87. The number of aromatic amines is 1. The van der Waals surface area contributed by atoms with Crippen LogP contribution in [0.3, 0.4) is 0 Å². The second kappa shape index (κ2) is 5.97. The minimum absolute atomic E-state index is 0. The van der Waals surface area contributed by atoms with Gasteiger partial charge in [0.1, 0.15) is 0 Å². The number of carbonyl (C=O) groups is 1. The third kappa shape index (κ3) is 2.61. The lowest BCUT2D eigenvalue weighted by Gasteiger charge is -2.09. The minimum Gasteiger partial charge on any atom is -0.370 e. The van der Waals surface area contributed by atoms with E-state index in [0.717, 1.165) is 35.1 Å². The molecule has 1 aliphatic rings. The number of benzene rings is 1. The molecule has 0 spiro atoms. The van der Waals surface area contributed by atoms with Crippen LogP contribution in [0, 0.1) is 5.41 Å². The highest BCUT2D eigenvalue weighted by molar-refractivity contribution is 6.05. The molecule has 1 aliphatic carbocycles. The molecule has 8 nitrogen and oxygen atoms in total. The van der Waals surface area contributed by atoms with Crippen LogP contribution < -0.4 is 11.1 Å². The van der Waals surface area contributed by atoms with Gasteiger partial charge in [0.25, 0.3) is 5.91 Å². The molecule has 0 bridgehead atoms. The maximum absolute atomic E-state index is 12.3. The summed E-state index contributed by atoms with van der Waals surface area (Å²) in [4.78, 5) is 12.3. The monoisotopic (exact) mass is 345 g/mol. The molecule has 0 radical (unpaired) electrons. The summed E-state index contributed by atoms with van der Waals surface area (Å²) in [6, 6.07) is 5.83. The van der Waals surface area contributed by atoms with Gasteiger partial charge in [0.15, 0.2) is 5.96 Å². The Balaban J connectivity index is 0.00000169. The van der Waals surface area contributed by atoms with Crippen LogP contribution >= 0.6 is 12.4 Å². The number of fused-ring (bicyclic) bond motifs is 1. The van der Waals surface area contributed by atoms with E-state index in [4.69, 9.17) is 11.1 Å². The Kier molecular flexibility index (Phi) is 3.98. The average Bonchev–Trinajstić information content (AvgIpc) is 3.08. The number of para-hydroxylation sites is 1. The zero-order valence-electron chi connectivity index (χ0n) is 12.6. The Morgan fingerprint density at radius 3 is 2.88 bits per heavy atom. The molecule has 2 aromatic heterocycles. The zero-order valence-corrected chi connectivity index (χ0v) is 13.4. The SMILES string of the molecule is Cl.N=C(N)NC(=O)c1cnn(-c2cccc3cn[nH]c23)c1C1CC1. The first-order valence-electron chi connectivity index (χ1n) is 7.31. The number of carbonyl (C=O) groups excluding carboxylic acids is 1. The fourth-order valence-corrected chi connectivity index (χ4v) is 2.79. The van der Waals surface area contributed by atoms with E-state index in [1.807, 2.05) is 18.2 Å². The van der Waals surface area contributed by atoms with Crippen LogP contribution in [0.25, 0.3) is 16.6 Å². The molecule has 1 amide bonds. The van der Waals surface area contributed by atoms with Crippen molar-refractivity contribution in [3.05, 3.63) is 41.9 Å². The Morgan fingerprint density at radius 1 is 1.38 bits per heavy atom. The third-order valence-electron chi connectivity index (χ3n) is 3.95. The topological polar surface area (TPSA) is 125 Å². The Morgan fingerprint density at radius 2 is 2.17 bits per heavy atom. The van der Waals surface area contributed by atoms with Crippen LogP contribution in [0.5, 0.6) is 0 Å². The lowest BCUT2D eigenvalue weighted by molar-refractivity contribution is 0.0975. The van der Waals surface area contributed by atoms with Crippen LogP contribution in [0.15, 0.2) is 30.6 Å². The highest BCUT2D eigenvalue weighted by atomic mass is 35.5. The van der Waals surface area contributed by atoms with Gasteiger partial charge in [-0.2, -0.15) is 10.2 Å². The van der Waals surface area contributed by atoms with Crippen LogP contribution in [0.1, 0.15) is 34.8 Å². The number of nitrogens with one attached hydrogen (secondary N) is 3. The third-order valence-corrected chi connectivity index (χ3v) is 3.95. The van der Waals surface area contributed by atoms with Crippen molar-refractivity contribution < 1.29 is 4.79 Å². The number of amides is 1. The fraction of sp³-hybridized carbons (Fsp3) is 0.200. The number of rotatable bonds is 3. The smallest absolute Gasteiger partial charge is 0.261 e. The highest BCUT2D eigenvalue weighted by Gasteiger charge is 2.33. The van der Waals surface area contributed by atoms with E-state index in [-0.39, 0.29) is 18.4 Å². The van der Waals surface area contributed by atoms with Crippen LogP contribution in [-0.2, 0) is 0 Å². The van der Waals surface area contributed by atoms with Crippen molar-refractivity contribution in [1.82, 2.24) is 25.3 Å². The van der Waals surface area contributed by atoms with Crippen molar-refractivity contribution in [3.8, 4) is 5.69 Å². The van der Waals surface area contributed by atoms with Gasteiger partial charge in [0.2, 0.25) is 0 Å². The molecular weight excluding hydrogens is 330 g/mol. The summed E-state index contributed by atoms with van der Waals surface area (Å²) < 4.78 is 1.78. The van der Waals surface area contributed by atoms with Gasteiger partial charge in [-0.1, -0.05) is 12.1 Å². The summed E-state index contributed by atoms with van der Waals surface area (Å²) in [5.74, 6) is -0.481. The molecule has 9 heteroatoms. The van der Waals surface area contributed by atoms with Gasteiger partial charge in [-0.15, -0.1) is 12.4 Å². The van der Waals surface area contributed by atoms with Gasteiger partial charge < -0.3 is 5.73 Å². The molecule has 0 atom stereocenters. The standard InChI is InChI=1S/C15H15N7O.ClH/c16-15(17)20-14(23)10-7-19-22(13(10)8-4-5-8)11-3-1-2-9-6-18-21-12(9)11;/h1-3,6-8H,4-5H2,(H,18,21)(H4,16,17,20,23);1H. The zero-order chi connectivity index (χ0) is 16.0. The first-order valence-corrected chi connectivity index (χ1v) is 7.31. The number of guanidine groups is 1. The molecule has 2 heterocycles. The van der Waals surface area contributed by atoms with Gasteiger partial charge in [0.05, 0.1) is 34.9 Å². The molecule has 1 aromatic carbocycles. The molecule has 1 fully saturated rings. The summed E-state index contributed by atoms with van der Waals surface area (Å²) in [6.07, 6.45) is 5.32. The van der Waals surface area contributed by atoms with Crippen molar-refractivity contribution in [2.45, 2.75) is 18.8 Å². The summed E-state index contributed by atoms with van der Waals surface area (Å²) in [5.41, 5.74) is 8.29. The predicted molar refractivity (Wildman–Crippen MR) is 91.8 cm³/mol. The molecule has 0 aliphatic heterocycles. The average molecular weight is 346 g/mol. The Bertz CT molecular complexity index is 925. The van der Waals surface area contributed by atoms with E-state index in [1.165, 1.54) is 6.20 Å². The fourth-order valence-electron chi connectivity index (χ4n) is 2.79. The second-order valence-electron chi connectivity index (χ2n) is 5.61. The van der Waals surface area contributed by atoms with E-state index in [1.54, 1.807) is 10.9 Å². The molecule has 0 saturated heterocycles. The highest BCUT2D eigenvalue weighted by Crippen LogP contribution is 2.42. The van der Waals surface area contributed by atoms with E-state index >= 15 is 0 Å². The van der Waals surface area contributed by atoms with E-state index in [0.29, 0.717) is 11.5 Å². The first kappa shape index (κ1) is 16.0. The number of nitrogens with two attached hydrogens (primary N) is 1. The van der Waals surface area contributed by atoms with Crippen molar-refractivity contribution >= 4 is 35.2 Å². The van der Waals surface area contributed by atoms with Gasteiger partial charge in [0, 0.05) is 11.3 Å². The molecule has 24 heavy (non-hydrogen) atoms.